The number of rotatable bonds is 6. The molecule has 0 saturated carbocycles. The van der Waals surface area contributed by atoms with Crippen LogP contribution in [0.25, 0.3) is 0 Å². The highest BCUT2D eigenvalue weighted by Crippen LogP contribution is 2.18. The standard InChI is InChI=1S/C12H19FN2O/c1-12(9-14,6-7-16-2)15-11-5-3-4-10(13)8-11/h3-5,8,15H,6-7,9,14H2,1-2H3. The second-order valence-electron chi connectivity index (χ2n) is 4.14. The molecule has 3 N–H and O–H groups in total. The molecule has 4 heteroatoms. The van der Waals surface area contributed by atoms with Crippen molar-refractivity contribution in [3.8, 4) is 0 Å². The molecule has 1 atom stereocenters. The summed E-state index contributed by atoms with van der Waals surface area (Å²) >= 11 is 0. The lowest BCUT2D eigenvalue weighted by Crippen LogP contribution is -2.43. The first-order valence-corrected chi connectivity index (χ1v) is 5.32. The van der Waals surface area contributed by atoms with Crippen molar-refractivity contribution in [2.45, 2.75) is 18.9 Å². The van der Waals surface area contributed by atoms with Gasteiger partial charge in [-0.15, -0.1) is 0 Å². The third-order valence-electron chi connectivity index (χ3n) is 2.58. The fraction of sp³-hybridized carbons (Fsp3) is 0.500. The first-order chi connectivity index (χ1) is 7.59. The van der Waals surface area contributed by atoms with E-state index in [9.17, 15) is 4.39 Å². The molecule has 0 aliphatic carbocycles. The molecular formula is C12H19FN2O. The number of methoxy groups -OCH3 is 1. The van der Waals surface area contributed by atoms with Gasteiger partial charge in [-0.2, -0.15) is 0 Å². The molecule has 0 bridgehead atoms. The van der Waals surface area contributed by atoms with E-state index in [1.807, 2.05) is 13.0 Å². The topological polar surface area (TPSA) is 47.3 Å². The number of nitrogens with two attached hydrogens (primary N) is 1. The molecule has 1 rings (SSSR count). The molecule has 3 nitrogen and oxygen atoms in total. The van der Waals surface area contributed by atoms with Crippen LogP contribution in [0.2, 0.25) is 0 Å². The van der Waals surface area contributed by atoms with Gasteiger partial charge in [0, 0.05) is 31.5 Å². The summed E-state index contributed by atoms with van der Waals surface area (Å²) in [6.07, 6.45) is 0.774. The fourth-order valence-corrected chi connectivity index (χ4v) is 1.46. The molecule has 0 aromatic heterocycles. The molecule has 0 spiro atoms. The third kappa shape index (κ3) is 3.79. The molecule has 90 valence electrons. The van der Waals surface area contributed by atoms with E-state index in [0.717, 1.165) is 12.1 Å². The van der Waals surface area contributed by atoms with Crippen LogP contribution in [0.15, 0.2) is 24.3 Å². The minimum absolute atomic E-state index is 0.254. The average Bonchev–Trinajstić information content (AvgIpc) is 2.26. The fourth-order valence-electron chi connectivity index (χ4n) is 1.46. The van der Waals surface area contributed by atoms with E-state index in [4.69, 9.17) is 10.5 Å². The summed E-state index contributed by atoms with van der Waals surface area (Å²) in [6.45, 7) is 3.08. The number of benzene rings is 1. The largest absolute Gasteiger partial charge is 0.385 e. The van der Waals surface area contributed by atoms with Crippen LogP contribution in [0.4, 0.5) is 10.1 Å². The van der Waals surface area contributed by atoms with Gasteiger partial charge in [0.2, 0.25) is 0 Å². The highest BCUT2D eigenvalue weighted by atomic mass is 19.1. The Morgan fingerprint density at radius 1 is 1.50 bits per heavy atom. The van der Waals surface area contributed by atoms with Gasteiger partial charge in [0.1, 0.15) is 5.82 Å². The summed E-state index contributed by atoms with van der Waals surface area (Å²) in [5.41, 5.74) is 6.19. The SMILES string of the molecule is COCCC(C)(CN)Nc1cccc(F)c1. The molecule has 1 unspecified atom stereocenters. The third-order valence-corrected chi connectivity index (χ3v) is 2.58. The number of hydrogen-bond acceptors (Lipinski definition) is 3. The molecule has 0 fully saturated rings. The predicted octanol–water partition coefficient (Wildman–Crippen LogP) is 1.99. The quantitative estimate of drug-likeness (QED) is 0.780. The normalized spacial score (nSPS) is 14.5. The van der Waals surface area contributed by atoms with Crippen LogP contribution in [0.3, 0.4) is 0 Å². The molecule has 0 amide bonds. The molecule has 0 saturated heterocycles. The molecule has 0 aliphatic rings. The highest BCUT2D eigenvalue weighted by Gasteiger charge is 2.21. The van der Waals surface area contributed by atoms with Gasteiger partial charge in [-0.25, -0.2) is 4.39 Å². The lowest BCUT2D eigenvalue weighted by atomic mass is 9.98. The number of hydrogen-bond donors (Lipinski definition) is 2. The Kier molecular flexibility index (Phi) is 4.71. The van der Waals surface area contributed by atoms with Crippen LogP contribution in [0.1, 0.15) is 13.3 Å². The number of halogens is 1. The van der Waals surface area contributed by atoms with Crippen molar-refractivity contribution in [2.75, 3.05) is 25.6 Å². The Balaban J connectivity index is 2.68. The number of nitrogens with one attached hydrogen (secondary N) is 1. The first kappa shape index (κ1) is 12.9. The number of ether oxygens (including phenoxy) is 1. The molecule has 1 aromatic rings. The van der Waals surface area contributed by atoms with Gasteiger partial charge in [0.05, 0.1) is 0 Å². The van der Waals surface area contributed by atoms with Crippen LogP contribution < -0.4 is 11.1 Å². The second kappa shape index (κ2) is 5.82. The zero-order valence-corrected chi connectivity index (χ0v) is 9.79. The summed E-state index contributed by atoms with van der Waals surface area (Å²) in [4.78, 5) is 0. The van der Waals surface area contributed by atoms with Crippen molar-refractivity contribution in [1.82, 2.24) is 0 Å². The van der Waals surface area contributed by atoms with Gasteiger partial charge in [-0.05, 0) is 31.5 Å². The van der Waals surface area contributed by atoms with Gasteiger partial charge >= 0.3 is 0 Å². The molecule has 0 aliphatic heterocycles. The van der Waals surface area contributed by atoms with Crippen LogP contribution >= 0.6 is 0 Å². The minimum Gasteiger partial charge on any atom is -0.385 e. The molecule has 1 aromatic carbocycles. The maximum Gasteiger partial charge on any atom is 0.125 e. The smallest absolute Gasteiger partial charge is 0.125 e. The zero-order valence-electron chi connectivity index (χ0n) is 9.79. The van der Waals surface area contributed by atoms with Crippen LogP contribution in [0, 0.1) is 5.82 Å². The van der Waals surface area contributed by atoms with E-state index in [2.05, 4.69) is 5.32 Å². The van der Waals surface area contributed by atoms with Crippen molar-refractivity contribution in [1.29, 1.82) is 0 Å². The molecular weight excluding hydrogens is 207 g/mol. The maximum atomic E-state index is 13.0. The Labute approximate surface area is 95.8 Å². The van der Waals surface area contributed by atoms with E-state index in [-0.39, 0.29) is 11.4 Å². The van der Waals surface area contributed by atoms with E-state index in [1.54, 1.807) is 13.2 Å². The van der Waals surface area contributed by atoms with Crippen LogP contribution in [-0.2, 0) is 4.74 Å². The monoisotopic (exact) mass is 226 g/mol. The van der Waals surface area contributed by atoms with Gasteiger partial charge < -0.3 is 15.8 Å². The summed E-state index contributed by atoms with van der Waals surface area (Å²) in [5.74, 6) is -0.254. The zero-order chi connectivity index (χ0) is 12.0. The van der Waals surface area contributed by atoms with Crippen LogP contribution in [-0.4, -0.2) is 25.8 Å². The van der Waals surface area contributed by atoms with Gasteiger partial charge in [0.25, 0.3) is 0 Å². The minimum atomic E-state index is -0.274. The van der Waals surface area contributed by atoms with Crippen molar-refractivity contribution >= 4 is 5.69 Å². The van der Waals surface area contributed by atoms with Crippen molar-refractivity contribution in [3.63, 3.8) is 0 Å². The van der Waals surface area contributed by atoms with Crippen molar-refractivity contribution in [2.24, 2.45) is 5.73 Å². The molecule has 0 radical (unpaired) electrons. The Hall–Kier alpha value is -1.13. The average molecular weight is 226 g/mol. The van der Waals surface area contributed by atoms with E-state index < -0.39 is 0 Å². The lowest BCUT2D eigenvalue weighted by Gasteiger charge is -2.30. The van der Waals surface area contributed by atoms with Crippen LogP contribution in [0.5, 0.6) is 0 Å². The Morgan fingerprint density at radius 2 is 2.25 bits per heavy atom. The first-order valence-electron chi connectivity index (χ1n) is 5.32. The summed E-state index contributed by atoms with van der Waals surface area (Å²) in [5, 5.41) is 3.24. The Bertz CT molecular complexity index is 333. The van der Waals surface area contributed by atoms with E-state index >= 15 is 0 Å². The summed E-state index contributed by atoms with van der Waals surface area (Å²) in [7, 11) is 1.65. The number of anilines is 1. The van der Waals surface area contributed by atoms with Crippen molar-refractivity contribution in [3.05, 3.63) is 30.1 Å². The molecule has 0 heterocycles. The Morgan fingerprint density at radius 3 is 2.81 bits per heavy atom. The van der Waals surface area contributed by atoms with Gasteiger partial charge in [-0.3, -0.25) is 0 Å². The van der Waals surface area contributed by atoms with Gasteiger partial charge in [0.15, 0.2) is 0 Å². The summed E-state index contributed by atoms with van der Waals surface area (Å²) in [6, 6.07) is 6.37. The second-order valence-corrected chi connectivity index (χ2v) is 4.14. The van der Waals surface area contributed by atoms with E-state index in [1.165, 1.54) is 12.1 Å². The van der Waals surface area contributed by atoms with E-state index in [0.29, 0.717) is 13.2 Å². The summed E-state index contributed by atoms with van der Waals surface area (Å²) < 4.78 is 18.0. The molecule has 16 heavy (non-hydrogen) atoms. The lowest BCUT2D eigenvalue weighted by molar-refractivity contribution is 0.177. The predicted molar refractivity (Wildman–Crippen MR) is 64.0 cm³/mol. The van der Waals surface area contributed by atoms with Crippen molar-refractivity contribution < 1.29 is 9.13 Å². The maximum absolute atomic E-state index is 13.0. The highest BCUT2D eigenvalue weighted by molar-refractivity contribution is 5.45. The van der Waals surface area contributed by atoms with Gasteiger partial charge in [-0.1, -0.05) is 6.07 Å².